The standard InChI is InChI=1S/C13H15NO4/c15-12(11-2-1-7-18-11)14-8-9-3-5-10(6-4-9)13(16)17/h3-6,11H,1-2,7-8H2,(H,14,15)(H,16,17). The molecule has 2 rings (SSSR count). The molecule has 1 amide bonds. The number of amides is 1. The van der Waals surface area contributed by atoms with Crippen LogP contribution in [0.2, 0.25) is 0 Å². The van der Waals surface area contributed by atoms with Crippen molar-refractivity contribution in [2.24, 2.45) is 0 Å². The van der Waals surface area contributed by atoms with Crippen LogP contribution in [0.3, 0.4) is 0 Å². The minimum Gasteiger partial charge on any atom is -0.478 e. The lowest BCUT2D eigenvalue weighted by Gasteiger charge is -2.10. The molecule has 1 aromatic rings. The second-order valence-corrected chi connectivity index (χ2v) is 4.22. The fourth-order valence-corrected chi connectivity index (χ4v) is 1.85. The van der Waals surface area contributed by atoms with Crippen LogP contribution in [-0.4, -0.2) is 29.7 Å². The van der Waals surface area contributed by atoms with E-state index in [2.05, 4.69) is 5.32 Å². The van der Waals surface area contributed by atoms with E-state index in [0.29, 0.717) is 13.2 Å². The lowest BCUT2D eigenvalue weighted by Crippen LogP contribution is -2.33. The molecular weight excluding hydrogens is 234 g/mol. The zero-order chi connectivity index (χ0) is 13.0. The van der Waals surface area contributed by atoms with Gasteiger partial charge < -0.3 is 15.2 Å². The summed E-state index contributed by atoms with van der Waals surface area (Å²) in [5.41, 5.74) is 1.11. The van der Waals surface area contributed by atoms with Crippen LogP contribution in [0.15, 0.2) is 24.3 Å². The molecule has 1 aromatic carbocycles. The van der Waals surface area contributed by atoms with Gasteiger partial charge in [0.25, 0.3) is 0 Å². The largest absolute Gasteiger partial charge is 0.478 e. The number of nitrogens with one attached hydrogen (secondary N) is 1. The van der Waals surface area contributed by atoms with Gasteiger partial charge in [0.2, 0.25) is 5.91 Å². The van der Waals surface area contributed by atoms with Gasteiger partial charge in [-0.1, -0.05) is 12.1 Å². The predicted octanol–water partition coefficient (Wildman–Crippen LogP) is 1.18. The molecule has 1 aliphatic rings. The van der Waals surface area contributed by atoms with E-state index in [-0.39, 0.29) is 17.6 Å². The van der Waals surface area contributed by atoms with Crippen LogP contribution in [0.4, 0.5) is 0 Å². The SMILES string of the molecule is O=C(O)c1ccc(CNC(=O)C2CCCO2)cc1. The van der Waals surface area contributed by atoms with Gasteiger partial charge in [-0.15, -0.1) is 0 Å². The van der Waals surface area contributed by atoms with Crippen molar-refractivity contribution in [3.8, 4) is 0 Å². The minimum absolute atomic E-state index is 0.102. The summed E-state index contributed by atoms with van der Waals surface area (Å²) < 4.78 is 5.26. The number of aromatic carboxylic acids is 1. The molecule has 0 spiro atoms. The van der Waals surface area contributed by atoms with Gasteiger partial charge in [-0.25, -0.2) is 4.79 Å². The van der Waals surface area contributed by atoms with E-state index in [1.165, 1.54) is 12.1 Å². The highest BCUT2D eigenvalue weighted by Crippen LogP contribution is 2.12. The molecule has 0 aromatic heterocycles. The Morgan fingerprint density at radius 1 is 1.33 bits per heavy atom. The smallest absolute Gasteiger partial charge is 0.335 e. The lowest BCUT2D eigenvalue weighted by atomic mass is 10.1. The summed E-state index contributed by atoms with van der Waals surface area (Å²) in [6.07, 6.45) is 1.36. The van der Waals surface area contributed by atoms with Gasteiger partial charge in [-0.2, -0.15) is 0 Å². The Bertz CT molecular complexity index is 435. The van der Waals surface area contributed by atoms with Gasteiger partial charge in [-0.05, 0) is 30.5 Å². The van der Waals surface area contributed by atoms with Crippen molar-refractivity contribution in [3.05, 3.63) is 35.4 Å². The molecule has 1 saturated heterocycles. The van der Waals surface area contributed by atoms with Crippen molar-refractivity contribution in [1.82, 2.24) is 5.32 Å². The summed E-state index contributed by atoms with van der Waals surface area (Å²) in [5, 5.41) is 11.5. The third-order valence-corrected chi connectivity index (χ3v) is 2.89. The topological polar surface area (TPSA) is 75.6 Å². The second-order valence-electron chi connectivity index (χ2n) is 4.22. The Labute approximate surface area is 105 Å². The van der Waals surface area contributed by atoms with Crippen LogP contribution >= 0.6 is 0 Å². The number of hydrogen-bond acceptors (Lipinski definition) is 3. The number of carbonyl (C=O) groups is 2. The highest BCUT2D eigenvalue weighted by Gasteiger charge is 2.22. The van der Waals surface area contributed by atoms with E-state index < -0.39 is 5.97 Å². The quantitative estimate of drug-likeness (QED) is 0.840. The molecule has 5 heteroatoms. The molecule has 1 heterocycles. The van der Waals surface area contributed by atoms with E-state index >= 15 is 0 Å². The van der Waals surface area contributed by atoms with Crippen LogP contribution in [0.25, 0.3) is 0 Å². The Hall–Kier alpha value is -1.88. The maximum atomic E-state index is 11.7. The second kappa shape index (κ2) is 5.64. The fraction of sp³-hybridized carbons (Fsp3) is 0.385. The molecule has 1 unspecified atom stereocenters. The summed E-state index contributed by atoms with van der Waals surface area (Å²) in [6, 6.07) is 6.43. The van der Waals surface area contributed by atoms with Gasteiger partial charge in [-0.3, -0.25) is 4.79 Å². The molecule has 0 saturated carbocycles. The number of carbonyl (C=O) groups excluding carboxylic acids is 1. The van der Waals surface area contributed by atoms with Gasteiger partial charge in [0.15, 0.2) is 0 Å². The third-order valence-electron chi connectivity index (χ3n) is 2.89. The normalized spacial score (nSPS) is 18.6. The number of carboxylic acid groups (broad SMARTS) is 1. The molecule has 18 heavy (non-hydrogen) atoms. The summed E-state index contributed by atoms with van der Waals surface area (Å²) in [5.74, 6) is -1.06. The number of hydrogen-bond donors (Lipinski definition) is 2. The van der Waals surface area contributed by atoms with Crippen molar-refractivity contribution < 1.29 is 19.4 Å². The number of ether oxygens (including phenoxy) is 1. The summed E-state index contributed by atoms with van der Waals surface area (Å²) >= 11 is 0. The van der Waals surface area contributed by atoms with Gasteiger partial charge >= 0.3 is 5.97 Å². The zero-order valence-electron chi connectivity index (χ0n) is 9.89. The zero-order valence-corrected chi connectivity index (χ0v) is 9.89. The number of benzene rings is 1. The molecule has 0 aliphatic carbocycles. The number of rotatable bonds is 4. The highest BCUT2D eigenvalue weighted by atomic mass is 16.5. The molecule has 1 fully saturated rings. The minimum atomic E-state index is -0.954. The van der Waals surface area contributed by atoms with Crippen molar-refractivity contribution in [2.75, 3.05) is 6.61 Å². The van der Waals surface area contributed by atoms with Crippen molar-refractivity contribution >= 4 is 11.9 Å². The molecule has 0 bridgehead atoms. The first kappa shape index (κ1) is 12.6. The van der Waals surface area contributed by atoms with Crippen LogP contribution in [-0.2, 0) is 16.1 Å². The predicted molar refractivity (Wildman–Crippen MR) is 64.2 cm³/mol. The first-order valence-electron chi connectivity index (χ1n) is 5.88. The third kappa shape index (κ3) is 3.07. The molecule has 0 radical (unpaired) electrons. The van der Waals surface area contributed by atoms with E-state index in [1.807, 2.05) is 0 Å². The van der Waals surface area contributed by atoms with Crippen LogP contribution in [0.1, 0.15) is 28.8 Å². The van der Waals surface area contributed by atoms with Crippen LogP contribution < -0.4 is 5.32 Å². The van der Waals surface area contributed by atoms with E-state index in [9.17, 15) is 9.59 Å². The molecule has 96 valence electrons. The maximum absolute atomic E-state index is 11.7. The van der Waals surface area contributed by atoms with E-state index in [4.69, 9.17) is 9.84 Å². The fourth-order valence-electron chi connectivity index (χ4n) is 1.85. The molecular formula is C13H15NO4. The Morgan fingerprint density at radius 3 is 2.61 bits per heavy atom. The highest BCUT2D eigenvalue weighted by molar-refractivity contribution is 5.87. The molecule has 1 atom stereocenters. The monoisotopic (exact) mass is 249 g/mol. The summed E-state index contributed by atoms with van der Waals surface area (Å²) in [6.45, 7) is 1.03. The molecule has 2 N–H and O–H groups in total. The lowest BCUT2D eigenvalue weighted by molar-refractivity contribution is -0.130. The summed E-state index contributed by atoms with van der Waals surface area (Å²) in [7, 11) is 0. The Morgan fingerprint density at radius 2 is 2.06 bits per heavy atom. The molecule has 1 aliphatic heterocycles. The van der Waals surface area contributed by atoms with Crippen molar-refractivity contribution in [1.29, 1.82) is 0 Å². The Kier molecular flexibility index (Phi) is 3.94. The first-order chi connectivity index (χ1) is 8.66. The molecule has 5 nitrogen and oxygen atoms in total. The maximum Gasteiger partial charge on any atom is 0.335 e. The van der Waals surface area contributed by atoms with Gasteiger partial charge in [0.1, 0.15) is 6.10 Å². The average molecular weight is 249 g/mol. The first-order valence-corrected chi connectivity index (χ1v) is 5.88. The van der Waals surface area contributed by atoms with Crippen LogP contribution in [0.5, 0.6) is 0 Å². The van der Waals surface area contributed by atoms with E-state index in [0.717, 1.165) is 18.4 Å². The van der Waals surface area contributed by atoms with Crippen molar-refractivity contribution in [2.45, 2.75) is 25.5 Å². The van der Waals surface area contributed by atoms with Gasteiger partial charge in [0.05, 0.1) is 5.56 Å². The number of carboxylic acids is 1. The summed E-state index contributed by atoms with van der Waals surface area (Å²) in [4.78, 5) is 22.3. The van der Waals surface area contributed by atoms with Gasteiger partial charge in [0, 0.05) is 13.2 Å². The van der Waals surface area contributed by atoms with Crippen molar-refractivity contribution in [3.63, 3.8) is 0 Å². The van der Waals surface area contributed by atoms with E-state index in [1.54, 1.807) is 12.1 Å². The van der Waals surface area contributed by atoms with Crippen LogP contribution in [0, 0.1) is 0 Å². The average Bonchev–Trinajstić information content (AvgIpc) is 2.90. The Balaban J connectivity index is 1.86.